The molecule has 1 heterocycles. The molecule has 26 heavy (non-hydrogen) atoms. The summed E-state index contributed by atoms with van der Waals surface area (Å²) in [5.74, 6) is 0.777. The van der Waals surface area contributed by atoms with Crippen LogP contribution in [0.5, 0.6) is 0 Å². The molecule has 3 rings (SSSR count). The van der Waals surface area contributed by atoms with Crippen molar-refractivity contribution in [1.82, 2.24) is 0 Å². The highest BCUT2D eigenvalue weighted by molar-refractivity contribution is 6.30. The summed E-state index contributed by atoms with van der Waals surface area (Å²) in [4.78, 5) is 1.50. The summed E-state index contributed by atoms with van der Waals surface area (Å²) in [6, 6.07) is 18.4. The maximum atomic E-state index is 10.3. The van der Waals surface area contributed by atoms with E-state index in [2.05, 4.69) is 30.3 Å². The molecule has 2 aromatic rings. The van der Waals surface area contributed by atoms with Gasteiger partial charge in [-0.1, -0.05) is 54.1 Å². The van der Waals surface area contributed by atoms with Crippen molar-refractivity contribution in [3.05, 3.63) is 70.7 Å². The number of nitrogens with one attached hydrogen (secondary N) is 1. The zero-order valence-corrected chi connectivity index (χ0v) is 16.0. The molecule has 0 spiro atoms. The van der Waals surface area contributed by atoms with Gasteiger partial charge in [0.2, 0.25) is 0 Å². The topological polar surface area (TPSA) is 33.9 Å². The molecule has 2 aromatic carbocycles. The lowest BCUT2D eigenvalue weighted by Crippen LogP contribution is -3.14. The summed E-state index contributed by atoms with van der Waals surface area (Å²) in [6.45, 7) is 3.97. The van der Waals surface area contributed by atoms with Gasteiger partial charge in [0.1, 0.15) is 12.6 Å². The average Bonchev–Trinajstić information content (AvgIpc) is 2.66. The minimum atomic E-state index is -0.400. The Kier molecular flexibility index (Phi) is 7.51. The second kappa shape index (κ2) is 10.1. The molecule has 3 nitrogen and oxygen atoms in total. The minimum absolute atomic E-state index is 0.388. The monoisotopic (exact) mass is 374 g/mol. The molecule has 2 N–H and O–H groups in total. The predicted octanol–water partition coefficient (Wildman–Crippen LogP) is 2.76. The lowest BCUT2D eigenvalue weighted by atomic mass is 9.90. The molecule has 1 saturated heterocycles. The summed E-state index contributed by atoms with van der Waals surface area (Å²) in [5.41, 5.74) is 2.52. The number of ether oxygens (including phenoxy) is 1. The molecule has 0 unspecified atom stereocenters. The first-order valence-electron chi connectivity index (χ1n) is 9.57. The third-order valence-corrected chi connectivity index (χ3v) is 5.45. The van der Waals surface area contributed by atoms with Crippen molar-refractivity contribution in [3.63, 3.8) is 0 Å². The molecule has 1 fully saturated rings. The van der Waals surface area contributed by atoms with E-state index in [0.29, 0.717) is 13.2 Å². The fourth-order valence-electron chi connectivity index (χ4n) is 3.73. The van der Waals surface area contributed by atoms with Crippen molar-refractivity contribution < 1.29 is 14.7 Å². The van der Waals surface area contributed by atoms with Crippen LogP contribution in [-0.4, -0.2) is 37.5 Å². The second-order valence-corrected chi connectivity index (χ2v) is 7.82. The van der Waals surface area contributed by atoms with Gasteiger partial charge in [-0.25, -0.2) is 0 Å². The Balaban J connectivity index is 1.31. The van der Waals surface area contributed by atoms with E-state index in [1.807, 2.05) is 24.3 Å². The molecule has 1 atom stereocenters. The molecule has 1 aliphatic rings. The van der Waals surface area contributed by atoms with E-state index < -0.39 is 6.10 Å². The normalized spacial score (nSPS) is 21.5. The van der Waals surface area contributed by atoms with Crippen LogP contribution in [0, 0.1) is 5.92 Å². The predicted molar refractivity (Wildman–Crippen MR) is 106 cm³/mol. The first-order chi connectivity index (χ1) is 12.7. The van der Waals surface area contributed by atoms with Crippen LogP contribution in [-0.2, 0) is 17.8 Å². The Morgan fingerprint density at radius 1 is 1.00 bits per heavy atom. The third kappa shape index (κ3) is 6.40. The largest absolute Gasteiger partial charge is 0.385 e. The molecule has 0 amide bonds. The van der Waals surface area contributed by atoms with Gasteiger partial charge in [0, 0.05) is 5.02 Å². The Morgan fingerprint density at radius 2 is 1.69 bits per heavy atom. The maximum Gasteiger partial charge on any atom is 0.126 e. The van der Waals surface area contributed by atoms with Gasteiger partial charge in [-0.3, -0.25) is 0 Å². The Labute approximate surface area is 161 Å². The highest BCUT2D eigenvalue weighted by Gasteiger charge is 2.24. The smallest absolute Gasteiger partial charge is 0.126 e. The standard InChI is InChI=1S/C22H28ClNO2/c23-21-8-6-20(7-9-21)16-26-17-22(25)15-24-12-10-19(11-13-24)14-18-4-2-1-3-5-18/h1-9,19,22,25H,10-17H2/p+1/t22-/m0/s1. The number of aliphatic hydroxyl groups excluding tert-OH is 1. The molecule has 0 radical (unpaired) electrons. The van der Waals surface area contributed by atoms with Crippen molar-refractivity contribution in [2.24, 2.45) is 5.92 Å². The Morgan fingerprint density at radius 3 is 2.38 bits per heavy atom. The third-order valence-electron chi connectivity index (χ3n) is 5.20. The van der Waals surface area contributed by atoms with E-state index in [1.165, 1.54) is 29.7 Å². The van der Waals surface area contributed by atoms with Gasteiger partial charge in [-0.05, 0) is 48.4 Å². The van der Waals surface area contributed by atoms with Crippen molar-refractivity contribution >= 4 is 11.6 Å². The Bertz CT molecular complexity index is 639. The molecule has 0 saturated carbocycles. The fourth-order valence-corrected chi connectivity index (χ4v) is 3.85. The number of piperidine rings is 1. The molecule has 0 bridgehead atoms. The number of halogens is 1. The molecule has 0 aliphatic carbocycles. The zero-order chi connectivity index (χ0) is 18.2. The van der Waals surface area contributed by atoms with Crippen molar-refractivity contribution in [2.75, 3.05) is 26.2 Å². The van der Waals surface area contributed by atoms with Gasteiger partial charge in [-0.15, -0.1) is 0 Å². The Hall–Kier alpha value is -1.39. The van der Waals surface area contributed by atoms with Crippen LogP contribution >= 0.6 is 11.6 Å². The van der Waals surface area contributed by atoms with Crippen LogP contribution in [0.3, 0.4) is 0 Å². The fraction of sp³-hybridized carbons (Fsp3) is 0.455. The second-order valence-electron chi connectivity index (χ2n) is 7.38. The van der Waals surface area contributed by atoms with Gasteiger partial charge >= 0.3 is 0 Å². The van der Waals surface area contributed by atoms with Crippen LogP contribution < -0.4 is 4.90 Å². The zero-order valence-electron chi connectivity index (χ0n) is 15.2. The lowest BCUT2D eigenvalue weighted by molar-refractivity contribution is -0.909. The van der Waals surface area contributed by atoms with Crippen LogP contribution in [0.25, 0.3) is 0 Å². The average molecular weight is 375 g/mol. The van der Waals surface area contributed by atoms with Crippen LogP contribution in [0.2, 0.25) is 5.02 Å². The number of hydrogen-bond acceptors (Lipinski definition) is 2. The highest BCUT2D eigenvalue weighted by atomic mass is 35.5. The summed E-state index contributed by atoms with van der Waals surface area (Å²) < 4.78 is 5.66. The first kappa shape index (κ1) is 19.4. The van der Waals surface area contributed by atoms with Gasteiger partial charge in [0.25, 0.3) is 0 Å². The number of likely N-dealkylation sites (tertiary alicyclic amines) is 1. The quantitative estimate of drug-likeness (QED) is 0.745. The number of hydrogen-bond donors (Lipinski definition) is 2. The molecular weight excluding hydrogens is 346 g/mol. The number of rotatable bonds is 8. The van der Waals surface area contributed by atoms with Gasteiger partial charge in [0.05, 0.1) is 26.3 Å². The van der Waals surface area contributed by atoms with Crippen LogP contribution in [0.15, 0.2) is 54.6 Å². The summed E-state index contributed by atoms with van der Waals surface area (Å²) in [7, 11) is 0. The molecular formula is C22H29ClNO2+. The van der Waals surface area contributed by atoms with Crippen LogP contribution in [0.1, 0.15) is 24.0 Å². The van der Waals surface area contributed by atoms with E-state index >= 15 is 0 Å². The first-order valence-corrected chi connectivity index (χ1v) is 9.94. The van der Waals surface area contributed by atoms with Gasteiger partial charge in [-0.2, -0.15) is 0 Å². The highest BCUT2D eigenvalue weighted by Crippen LogP contribution is 2.16. The van der Waals surface area contributed by atoms with Crippen molar-refractivity contribution in [2.45, 2.75) is 32.0 Å². The van der Waals surface area contributed by atoms with Gasteiger partial charge in [0.15, 0.2) is 0 Å². The van der Waals surface area contributed by atoms with Crippen LogP contribution in [0.4, 0.5) is 0 Å². The van der Waals surface area contributed by atoms with Crippen molar-refractivity contribution in [3.8, 4) is 0 Å². The molecule has 0 aromatic heterocycles. The maximum absolute atomic E-state index is 10.3. The molecule has 140 valence electrons. The molecule has 4 heteroatoms. The van der Waals surface area contributed by atoms with E-state index in [4.69, 9.17) is 16.3 Å². The summed E-state index contributed by atoms with van der Waals surface area (Å²) >= 11 is 5.88. The number of aliphatic hydroxyl groups is 1. The minimum Gasteiger partial charge on any atom is -0.385 e. The number of benzene rings is 2. The summed E-state index contributed by atoms with van der Waals surface area (Å²) in [6.07, 6.45) is 3.26. The van der Waals surface area contributed by atoms with E-state index in [0.717, 1.165) is 36.1 Å². The van der Waals surface area contributed by atoms with E-state index in [1.54, 1.807) is 0 Å². The SMILES string of the molecule is O[C@H](COCc1ccc(Cl)cc1)C[NH+]1CCC(Cc2ccccc2)CC1. The van der Waals surface area contributed by atoms with Crippen molar-refractivity contribution in [1.29, 1.82) is 0 Å². The number of quaternary nitrogens is 1. The molecule has 1 aliphatic heterocycles. The lowest BCUT2D eigenvalue weighted by Gasteiger charge is -2.30. The van der Waals surface area contributed by atoms with Gasteiger partial charge < -0.3 is 14.7 Å². The summed E-state index contributed by atoms with van der Waals surface area (Å²) in [5, 5.41) is 11.0. The van der Waals surface area contributed by atoms with E-state index in [9.17, 15) is 5.11 Å². The van der Waals surface area contributed by atoms with E-state index in [-0.39, 0.29) is 0 Å².